The van der Waals surface area contributed by atoms with Crippen LogP contribution in [-0.2, 0) is 0 Å². The lowest BCUT2D eigenvalue weighted by molar-refractivity contribution is 0.805. The van der Waals surface area contributed by atoms with E-state index in [1.807, 2.05) is 24.5 Å². The quantitative estimate of drug-likeness (QED) is 0.799. The Morgan fingerprint density at radius 2 is 2.31 bits per heavy atom. The Labute approximate surface area is 83.1 Å². The number of thioether (sulfide) groups is 1. The van der Waals surface area contributed by atoms with Crippen molar-refractivity contribution in [2.24, 2.45) is 0 Å². The summed E-state index contributed by atoms with van der Waals surface area (Å²) in [6, 6.07) is 4.03. The largest absolute Gasteiger partial charge is 0.384 e. The van der Waals surface area contributed by atoms with Crippen molar-refractivity contribution in [3.05, 3.63) is 24.5 Å². The Hall–Kier alpha value is -0.700. The highest BCUT2D eigenvalue weighted by molar-refractivity contribution is 8.00. The Kier molecular flexibility index (Phi) is 3.08. The first-order valence-corrected chi connectivity index (χ1v) is 5.75. The summed E-state index contributed by atoms with van der Waals surface area (Å²) in [5.41, 5.74) is 1.18. The molecule has 1 atom stereocenters. The molecule has 1 aromatic heterocycles. The van der Waals surface area contributed by atoms with Crippen molar-refractivity contribution >= 4 is 17.4 Å². The molecule has 1 aromatic rings. The van der Waals surface area contributed by atoms with Crippen LogP contribution in [0.4, 0.5) is 5.69 Å². The second-order valence-corrected chi connectivity index (χ2v) is 4.66. The number of nitrogens with one attached hydrogen (secondary N) is 1. The molecule has 2 nitrogen and oxygen atoms in total. The van der Waals surface area contributed by atoms with Gasteiger partial charge in [0, 0.05) is 29.9 Å². The topological polar surface area (TPSA) is 24.9 Å². The van der Waals surface area contributed by atoms with Gasteiger partial charge in [-0.1, -0.05) is 0 Å². The molecule has 2 heterocycles. The van der Waals surface area contributed by atoms with Crippen molar-refractivity contribution in [3.63, 3.8) is 0 Å². The van der Waals surface area contributed by atoms with Gasteiger partial charge in [0.25, 0.3) is 0 Å². The smallest absolute Gasteiger partial charge is 0.0371 e. The summed E-state index contributed by atoms with van der Waals surface area (Å²) >= 11 is 2.08. The first-order chi connectivity index (χ1) is 6.45. The molecule has 13 heavy (non-hydrogen) atoms. The SMILES string of the molecule is c1cc(NCC2CCCS2)ccn1. The molecule has 70 valence electrons. The maximum Gasteiger partial charge on any atom is 0.0371 e. The van der Waals surface area contributed by atoms with Crippen molar-refractivity contribution in [3.8, 4) is 0 Å². The minimum atomic E-state index is 0.813. The van der Waals surface area contributed by atoms with Crippen LogP contribution in [0.3, 0.4) is 0 Å². The number of aromatic nitrogens is 1. The van der Waals surface area contributed by atoms with Crippen LogP contribution < -0.4 is 5.32 Å². The minimum absolute atomic E-state index is 0.813. The second kappa shape index (κ2) is 4.51. The summed E-state index contributed by atoms with van der Waals surface area (Å²) in [7, 11) is 0. The third-order valence-electron chi connectivity index (χ3n) is 2.24. The molecule has 1 N–H and O–H groups in total. The maximum atomic E-state index is 3.98. The number of anilines is 1. The average Bonchev–Trinajstić information content (AvgIpc) is 2.69. The van der Waals surface area contributed by atoms with Crippen LogP contribution >= 0.6 is 11.8 Å². The highest BCUT2D eigenvalue weighted by atomic mass is 32.2. The lowest BCUT2D eigenvalue weighted by atomic mass is 10.2. The zero-order chi connectivity index (χ0) is 8.93. The molecule has 0 amide bonds. The molecule has 1 fully saturated rings. The number of pyridine rings is 1. The van der Waals surface area contributed by atoms with Gasteiger partial charge in [0.05, 0.1) is 0 Å². The molecule has 0 bridgehead atoms. The fourth-order valence-electron chi connectivity index (χ4n) is 1.51. The van der Waals surface area contributed by atoms with E-state index in [-0.39, 0.29) is 0 Å². The van der Waals surface area contributed by atoms with E-state index in [1.165, 1.54) is 24.3 Å². The van der Waals surface area contributed by atoms with Crippen LogP contribution in [0.2, 0.25) is 0 Å². The van der Waals surface area contributed by atoms with Crippen molar-refractivity contribution in [1.29, 1.82) is 0 Å². The van der Waals surface area contributed by atoms with Gasteiger partial charge in [-0.3, -0.25) is 4.98 Å². The Morgan fingerprint density at radius 3 is 3.00 bits per heavy atom. The summed E-state index contributed by atoms with van der Waals surface area (Å²) in [6.45, 7) is 1.09. The Morgan fingerprint density at radius 1 is 1.46 bits per heavy atom. The standard InChI is InChI=1S/C10H14N2S/c1-2-10(13-7-1)8-12-9-3-5-11-6-4-9/h3-6,10H,1-2,7-8H2,(H,11,12). The van der Waals surface area contributed by atoms with E-state index in [9.17, 15) is 0 Å². The fourth-order valence-corrected chi connectivity index (χ4v) is 2.71. The summed E-state index contributed by atoms with van der Waals surface area (Å²) in [5.74, 6) is 1.34. The molecule has 1 unspecified atom stereocenters. The van der Waals surface area contributed by atoms with Crippen LogP contribution in [0.1, 0.15) is 12.8 Å². The van der Waals surface area contributed by atoms with Crippen LogP contribution in [0.25, 0.3) is 0 Å². The van der Waals surface area contributed by atoms with Crippen LogP contribution in [0, 0.1) is 0 Å². The first-order valence-electron chi connectivity index (χ1n) is 4.70. The van der Waals surface area contributed by atoms with Crippen LogP contribution in [0.5, 0.6) is 0 Å². The Balaban J connectivity index is 1.79. The van der Waals surface area contributed by atoms with E-state index in [1.54, 1.807) is 0 Å². The van der Waals surface area contributed by atoms with E-state index < -0.39 is 0 Å². The lowest BCUT2D eigenvalue weighted by Crippen LogP contribution is -2.13. The number of rotatable bonds is 3. The molecule has 0 saturated carbocycles. The molecule has 0 spiro atoms. The van der Waals surface area contributed by atoms with E-state index in [0.29, 0.717) is 0 Å². The van der Waals surface area contributed by atoms with Crippen molar-refractivity contribution in [2.45, 2.75) is 18.1 Å². The van der Waals surface area contributed by atoms with Crippen LogP contribution in [0.15, 0.2) is 24.5 Å². The van der Waals surface area contributed by atoms with Gasteiger partial charge in [0.1, 0.15) is 0 Å². The normalized spacial score (nSPS) is 21.7. The highest BCUT2D eigenvalue weighted by Crippen LogP contribution is 2.26. The molecule has 2 rings (SSSR count). The lowest BCUT2D eigenvalue weighted by Gasteiger charge is -2.10. The number of hydrogen-bond donors (Lipinski definition) is 1. The van der Waals surface area contributed by atoms with Gasteiger partial charge in [0.2, 0.25) is 0 Å². The number of nitrogens with zero attached hydrogens (tertiary/aromatic N) is 1. The van der Waals surface area contributed by atoms with E-state index >= 15 is 0 Å². The van der Waals surface area contributed by atoms with Gasteiger partial charge in [-0.25, -0.2) is 0 Å². The van der Waals surface area contributed by atoms with Gasteiger partial charge in [-0.05, 0) is 30.7 Å². The van der Waals surface area contributed by atoms with Gasteiger partial charge in [-0.15, -0.1) is 0 Å². The summed E-state index contributed by atoms with van der Waals surface area (Å²) in [4.78, 5) is 3.98. The van der Waals surface area contributed by atoms with Gasteiger partial charge in [-0.2, -0.15) is 11.8 Å². The molecule has 0 aliphatic carbocycles. The van der Waals surface area contributed by atoms with E-state index in [4.69, 9.17) is 0 Å². The molecule has 0 aromatic carbocycles. The van der Waals surface area contributed by atoms with E-state index in [0.717, 1.165) is 11.8 Å². The zero-order valence-corrected chi connectivity index (χ0v) is 8.39. The third-order valence-corrected chi connectivity index (χ3v) is 3.64. The van der Waals surface area contributed by atoms with Gasteiger partial charge < -0.3 is 5.32 Å². The number of hydrogen-bond acceptors (Lipinski definition) is 3. The molecule has 1 aliphatic heterocycles. The molecule has 0 radical (unpaired) electrons. The van der Waals surface area contributed by atoms with E-state index in [2.05, 4.69) is 22.1 Å². The Bertz CT molecular complexity index is 244. The van der Waals surface area contributed by atoms with Gasteiger partial charge in [0.15, 0.2) is 0 Å². The fraction of sp³-hybridized carbons (Fsp3) is 0.500. The monoisotopic (exact) mass is 194 g/mol. The molecular formula is C10H14N2S. The molecule has 1 saturated heterocycles. The van der Waals surface area contributed by atoms with Crippen LogP contribution in [-0.4, -0.2) is 22.5 Å². The molecule has 3 heteroatoms. The maximum absolute atomic E-state index is 3.98. The van der Waals surface area contributed by atoms with Gasteiger partial charge >= 0.3 is 0 Å². The second-order valence-electron chi connectivity index (χ2n) is 3.25. The minimum Gasteiger partial charge on any atom is -0.384 e. The zero-order valence-electron chi connectivity index (χ0n) is 7.57. The summed E-state index contributed by atoms with van der Waals surface area (Å²) in [6.07, 6.45) is 6.39. The summed E-state index contributed by atoms with van der Waals surface area (Å²) in [5, 5.41) is 4.24. The first kappa shape index (κ1) is 8.88. The third kappa shape index (κ3) is 2.62. The predicted molar refractivity (Wildman–Crippen MR) is 58.2 cm³/mol. The molecule has 1 aliphatic rings. The van der Waals surface area contributed by atoms with Crippen molar-refractivity contribution in [2.75, 3.05) is 17.6 Å². The average molecular weight is 194 g/mol. The summed E-state index contributed by atoms with van der Waals surface area (Å²) < 4.78 is 0. The predicted octanol–water partition coefficient (Wildman–Crippen LogP) is 2.39. The highest BCUT2D eigenvalue weighted by Gasteiger charge is 2.14. The van der Waals surface area contributed by atoms with Crippen molar-refractivity contribution in [1.82, 2.24) is 4.98 Å². The van der Waals surface area contributed by atoms with Crippen molar-refractivity contribution < 1.29 is 0 Å². The molecular weight excluding hydrogens is 180 g/mol.